The maximum Gasteiger partial charge on any atom is 0.434 e. The first-order valence-corrected chi connectivity index (χ1v) is 4.74. The number of rotatable bonds is 3. The largest absolute Gasteiger partial charge is 0.434 e. The van der Waals surface area contributed by atoms with Crippen molar-refractivity contribution in [3.05, 3.63) is 28.7 Å². The Morgan fingerprint density at radius 1 is 1.67 bits per heavy atom. The summed E-state index contributed by atoms with van der Waals surface area (Å²) in [5, 5.41) is 2.26. The lowest BCUT2D eigenvalue weighted by Gasteiger charge is -2.05. The van der Waals surface area contributed by atoms with Gasteiger partial charge >= 0.3 is 6.18 Å². The second-order valence-corrected chi connectivity index (χ2v) is 3.38. The predicted octanol–water partition coefficient (Wildman–Crippen LogP) is 2.08. The number of aromatic nitrogens is 1. The fraction of sp³-hybridized carbons (Fsp3) is 0.250. The second kappa shape index (κ2) is 4.43. The molecule has 1 heterocycles. The van der Waals surface area contributed by atoms with Crippen LogP contribution in [0.2, 0.25) is 0 Å². The van der Waals surface area contributed by atoms with Crippen LogP contribution in [0.3, 0.4) is 0 Å². The van der Waals surface area contributed by atoms with E-state index in [1.807, 2.05) is 0 Å². The Bertz CT molecular complexity index is 372. The molecule has 0 fully saturated rings. The number of amides is 1. The molecule has 82 valence electrons. The van der Waals surface area contributed by atoms with E-state index < -0.39 is 22.7 Å². The first-order valence-electron chi connectivity index (χ1n) is 3.86. The molecule has 0 saturated heterocycles. The van der Waals surface area contributed by atoms with Crippen molar-refractivity contribution in [3.63, 3.8) is 0 Å². The Morgan fingerprint density at radius 3 is 2.87 bits per heavy atom. The minimum Gasteiger partial charge on any atom is -0.348 e. The van der Waals surface area contributed by atoms with Gasteiger partial charge in [0.15, 0.2) is 5.69 Å². The summed E-state index contributed by atoms with van der Waals surface area (Å²) in [6.45, 7) is 3.46. The van der Waals surface area contributed by atoms with Crippen LogP contribution in [0.1, 0.15) is 15.4 Å². The summed E-state index contributed by atoms with van der Waals surface area (Å²) in [6.07, 6.45) is -3.22. The van der Waals surface area contributed by atoms with Gasteiger partial charge in [0.05, 0.1) is 5.51 Å². The van der Waals surface area contributed by atoms with Gasteiger partial charge in [-0.15, -0.1) is 17.9 Å². The third-order valence-corrected chi connectivity index (χ3v) is 2.27. The molecule has 0 atom stereocenters. The van der Waals surface area contributed by atoms with Crippen LogP contribution in [0.15, 0.2) is 18.2 Å². The van der Waals surface area contributed by atoms with E-state index in [4.69, 9.17) is 0 Å². The highest BCUT2D eigenvalue weighted by Crippen LogP contribution is 2.32. The zero-order valence-corrected chi connectivity index (χ0v) is 8.28. The molecule has 1 rings (SSSR count). The molecule has 1 aromatic heterocycles. The smallest absolute Gasteiger partial charge is 0.348 e. The molecule has 1 amide bonds. The van der Waals surface area contributed by atoms with Crippen molar-refractivity contribution in [2.45, 2.75) is 6.18 Å². The van der Waals surface area contributed by atoms with Gasteiger partial charge in [-0.25, -0.2) is 4.98 Å². The number of nitrogens with one attached hydrogen (secondary N) is 1. The molecule has 0 saturated carbocycles. The Morgan fingerprint density at radius 2 is 2.33 bits per heavy atom. The van der Waals surface area contributed by atoms with Crippen molar-refractivity contribution in [1.29, 1.82) is 0 Å². The van der Waals surface area contributed by atoms with E-state index in [-0.39, 0.29) is 6.54 Å². The van der Waals surface area contributed by atoms with Crippen LogP contribution in [0, 0.1) is 0 Å². The lowest BCUT2D eigenvalue weighted by molar-refractivity contribution is -0.141. The Labute approximate surface area is 87.6 Å². The van der Waals surface area contributed by atoms with Crippen LogP contribution >= 0.6 is 11.3 Å². The van der Waals surface area contributed by atoms with Gasteiger partial charge in [0.1, 0.15) is 4.88 Å². The number of hydrogen-bond acceptors (Lipinski definition) is 3. The molecule has 0 spiro atoms. The quantitative estimate of drug-likeness (QED) is 0.816. The topological polar surface area (TPSA) is 42.0 Å². The highest BCUT2D eigenvalue weighted by Gasteiger charge is 2.38. The van der Waals surface area contributed by atoms with Crippen LogP contribution in [0.4, 0.5) is 13.2 Å². The van der Waals surface area contributed by atoms with Crippen LogP contribution in [0.5, 0.6) is 0 Å². The summed E-state index contributed by atoms with van der Waals surface area (Å²) in [6, 6.07) is 0. The lowest BCUT2D eigenvalue weighted by atomic mass is 10.3. The summed E-state index contributed by atoms with van der Waals surface area (Å²) in [5.41, 5.74) is -0.153. The fourth-order valence-electron chi connectivity index (χ4n) is 0.854. The second-order valence-electron chi connectivity index (χ2n) is 2.53. The summed E-state index contributed by atoms with van der Waals surface area (Å²) in [7, 11) is 0. The molecule has 0 unspecified atom stereocenters. The van der Waals surface area contributed by atoms with Crippen molar-refractivity contribution < 1.29 is 18.0 Å². The van der Waals surface area contributed by atoms with Gasteiger partial charge in [0, 0.05) is 6.54 Å². The lowest BCUT2D eigenvalue weighted by Crippen LogP contribution is -2.25. The summed E-state index contributed by atoms with van der Waals surface area (Å²) in [5.74, 6) is -0.787. The maximum absolute atomic E-state index is 12.3. The number of nitrogens with zero attached hydrogens (tertiary/aromatic N) is 1. The highest BCUT2D eigenvalue weighted by atomic mass is 32.1. The van der Waals surface area contributed by atoms with Crippen LogP contribution in [-0.2, 0) is 6.18 Å². The Hall–Kier alpha value is -1.37. The van der Waals surface area contributed by atoms with Gasteiger partial charge in [0.2, 0.25) is 0 Å². The molecule has 0 aliphatic rings. The molecule has 1 N–H and O–H groups in total. The van der Waals surface area contributed by atoms with Gasteiger partial charge < -0.3 is 5.32 Å². The van der Waals surface area contributed by atoms with E-state index in [0.29, 0.717) is 11.3 Å². The van der Waals surface area contributed by atoms with Gasteiger partial charge in [-0.1, -0.05) is 6.08 Å². The molecule has 0 bridgehead atoms. The third-order valence-electron chi connectivity index (χ3n) is 1.45. The molecular formula is C8H7F3N2OS. The fourth-order valence-corrected chi connectivity index (χ4v) is 1.58. The van der Waals surface area contributed by atoms with Crippen molar-refractivity contribution in [2.75, 3.05) is 6.54 Å². The first-order chi connectivity index (χ1) is 6.96. The molecule has 7 heteroatoms. The Balaban J connectivity index is 2.90. The van der Waals surface area contributed by atoms with E-state index in [1.165, 1.54) is 6.08 Å². The minimum atomic E-state index is -4.60. The number of carbonyl (C=O) groups excluding carboxylic acids is 1. The molecule has 0 aliphatic heterocycles. The summed E-state index contributed by atoms with van der Waals surface area (Å²) < 4.78 is 36.9. The van der Waals surface area contributed by atoms with Crippen molar-refractivity contribution in [2.24, 2.45) is 0 Å². The van der Waals surface area contributed by atoms with E-state index in [1.54, 1.807) is 0 Å². The van der Waals surface area contributed by atoms with E-state index >= 15 is 0 Å². The predicted molar refractivity (Wildman–Crippen MR) is 49.6 cm³/mol. The molecule has 15 heavy (non-hydrogen) atoms. The number of halogens is 3. The van der Waals surface area contributed by atoms with Crippen LogP contribution in [-0.4, -0.2) is 17.4 Å². The summed E-state index contributed by atoms with van der Waals surface area (Å²) in [4.78, 5) is 13.9. The number of carbonyl (C=O) groups is 1. The van der Waals surface area contributed by atoms with Gasteiger partial charge in [0.25, 0.3) is 5.91 Å². The molecule has 0 radical (unpaired) electrons. The Kier molecular flexibility index (Phi) is 3.46. The highest BCUT2D eigenvalue weighted by molar-refractivity contribution is 7.11. The standard InChI is InChI=1S/C8H7F3N2OS/c1-2-3-12-7(14)5-6(8(9,10)11)13-4-15-5/h2,4H,1,3H2,(H,12,14). The summed E-state index contributed by atoms with van der Waals surface area (Å²) >= 11 is 0.658. The maximum atomic E-state index is 12.3. The van der Waals surface area contributed by atoms with E-state index in [9.17, 15) is 18.0 Å². The average molecular weight is 236 g/mol. The van der Waals surface area contributed by atoms with E-state index in [2.05, 4.69) is 16.9 Å². The molecule has 1 aromatic rings. The zero-order chi connectivity index (χ0) is 11.5. The first kappa shape index (κ1) is 11.7. The van der Waals surface area contributed by atoms with Gasteiger partial charge in [-0.3, -0.25) is 4.79 Å². The number of alkyl halides is 3. The number of thiazole rings is 1. The third kappa shape index (κ3) is 2.79. The normalized spacial score (nSPS) is 11.1. The monoisotopic (exact) mass is 236 g/mol. The average Bonchev–Trinajstić information content (AvgIpc) is 2.61. The van der Waals surface area contributed by atoms with E-state index in [0.717, 1.165) is 5.51 Å². The molecule has 0 aromatic carbocycles. The van der Waals surface area contributed by atoms with Crippen molar-refractivity contribution in [1.82, 2.24) is 10.3 Å². The molecule has 3 nitrogen and oxygen atoms in total. The zero-order valence-electron chi connectivity index (χ0n) is 7.47. The van der Waals surface area contributed by atoms with Crippen LogP contribution < -0.4 is 5.32 Å². The number of hydrogen-bond donors (Lipinski definition) is 1. The van der Waals surface area contributed by atoms with Crippen LogP contribution in [0.25, 0.3) is 0 Å². The van der Waals surface area contributed by atoms with Gasteiger partial charge in [-0.05, 0) is 0 Å². The molecular weight excluding hydrogens is 229 g/mol. The van der Waals surface area contributed by atoms with Crippen molar-refractivity contribution >= 4 is 17.2 Å². The van der Waals surface area contributed by atoms with Gasteiger partial charge in [-0.2, -0.15) is 13.2 Å². The molecule has 0 aliphatic carbocycles. The SMILES string of the molecule is C=CCNC(=O)c1scnc1C(F)(F)F. The van der Waals surface area contributed by atoms with Crippen molar-refractivity contribution in [3.8, 4) is 0 Å². The minimum absolute atomic E-state index is 0.119.